The maximum absolute atomic E-state index is 12.7. The van der Waals surface area contributed by atoms with Crippen molar-refractivity contribution >= 4 is 75.2 Å². The molecule has 13 heteroatoms. The highest BCUT2D eigenvalue weighted by Gasteiger charge is 2.17. The van der Waals surface area contributed by atoms with E-state index in [2.05, 4.69) is 31.8 Å². The van der Waals surface area contributed by atoms with Crippen molar-refractivity contribution in [2.24, 2.45) is 8.20 Å². The number of aliphatic imine (C=N–C) groups is 1. The largest absolute Gasteiger partial charge is 0.496 e. The zero-order chi connectivity index (χ0) is 31.5. The fourth-order valence-corrected chi connectivity index (χ4v) is 6.05. The third-order valence-electron chi connectivity index (χ3n) is 6.45. The lowest BCUT2D eigenvalue weighted by molar-refractivity contribution is 0.0764. The third-order valence-corrected chi connectivity index (χ3v) is 8.99. The molecule has 44 heavy (non-hydrogen) atoms. The number of hydrogen-bond donors (Lipinski definition) is 1. The highest BCUT2D eigenvalue weighted by molar-refractivity contribution is 14.1. The minimum absolute atomic E-state index is 0.0654. The van der Waals surface area contributed by atoms with E-state index in [4.69, 9.17) is 18.6 Å². The maximum Gasteiger partial charge on any atom is 0.263 e. The molecule has 0 aliphatic carbocycles. The van der Waals surface area contributed by atoms with Gasteiger partial charge in [0, 0.05) is 54.5 Å². The Balaban J connectivity index is 1.42. The van der Waals surface area contributed by atoms with Crippen LogP contribution < -0.4 is 9.47 Å². The zero-order valence-corrected chi connectivity index (χ0v) is 28.8. The van der Waals surface area contributed by atoms with Crippen LogP contribution in [0.1, 0.15) is 36.2 Å². The molecule has 0 fully saturated rings. The number of carbonyl (C=O) groups excluding carboxylic acids is 1. The van der Waals surface area contributed by atoms with Crippen molar-refractivity contribution in [1.29, 1.82) is 0 Å². The van der Waals surface area contributed by atoms with Crippen LogP contribution in [0, 0.1) is 0 Å². The van der Waals surface area contributed by atoms with E-state index in [-0.39, 0.29) is 12.5 Å². The van der Waals surface area contributed by atoms with Crippen LogP contribution in [0.4, 0.5) is 0 Å². The molecule has 2 aromatic heterocycles. The summed E-state index contributed by atoms with van der Waals surface area (Å²) in [5.74, 6) is 2.53. The number of amides is 1. The minimum atomic E-state index is 0.0654. The van der Waals surface area contributed by atoms with E-state index in [1.165, 1.54) is 11.8 Å². The fourth-order valence-electron chi connectivity index (χ4n) is 4.21. The van der Waals surface area contributed by atoms with E-state index in [1.54, 1.807) is 38.2 Å². The Morgan fingerprint density at radius 1 is 1.20 bits per heavy atom. The highest BCUT2D eigenvalue weighted by atomic mass is 127. The molecule has 0 bridgehead atoms. The predicted molar refractivity (Wildman–Crippen MR) is 187 cm³/mol. The lowest BCUT2D eigenvalue weighted by Crippen LogP contribution is -2.31. The summed E-state index contributed by atoms with van der Waals surface area (Å²) in [5, 5.41) is 3.80. The summed E-state index contributed by atoms with van der Waals surface area (Å²) in [6, 6.07) is 13.3. The van der Waals surface area contributed by atoms with Crippen molar-refractivity contribution in [3.63, 3.8) is 0 Å². The van der Waals surface area contributed by atoms with Crippen LogP contribution in [-0.4, -0.2) is 66.6 Å². The van der Waals surface area contributed by atoms with Crippen LogP contribution in [0.5, 0.6) is 11.5 Å². The van der Waals surface area contributed by atoms with Crippen molar-refractivity contribution in [2.45, 2.75) is 31.2 Å². The predicted octanol–water partition coefficient (Wildman–Crippen LogP) is 8.00. The number of fused-ring (bicyclic) bond motifs is 1. The normalized spacial score (nSPS) is 11.9. The first-order chi connectivity index (χ1) is 21.4. The van der Waals surface area contributed by atoms with Gasteiger partial charge in [0.15, 0.2) is 10.9 Å². The summed E-state index contributed by atoms with van der Waals surface area (Å²) in [4.78, 5) is 26.4. The van der Waals surface area contributed by atoms with Crippen LogP contribution in [-0.2, 0) is 10.5 Å². The molecule has 0 saturated heterocycles. The molecule has 0 radical (unpaired) electrons. The molecule has 2 heterocycles. The summed E-state index contributed by atoms with van der Waals surface area (Å²) in [5.41, 5.74) is 3.72. The van der Waals surface area contributed by atoms with Gasteiger partial charge in [-0.1, -0.05) is 19.1 Å². The van der Waals surface area contributed by atoms with Gasteiger partial charge in [0.2, 0.25) is 0 Å². The number of halogens is 1. The van der Waals surface area contributed by atoms with Crippen molar-refractivity contribution in [1.82, 2.24) is 14.9 Å². The molecule has 0 spiro atoms. The number of H-pyrrole nitrogens is 1. The summed E-state index contributed by atoms with van der Waals surface area (Å²) in [6.45, 7) is 9.46. The van der Waals surface area contributed by atoms with Crippen LogP contribution >= 0.6 is 46.4 Å². The second kappa shape index (κ2) is 16.6. The van der Waals surface area contributed by atoms with Gasteiger partial charge in [-0.25, -0.2) is 4.98 Å². The number of thioether (sulfide) groups is 2. The van der Waals surface area contributed by atoms with Crippen molar-refractivity contribution in [2.75, 3.05) is 33.9 Å². The topological polar surface area (TPSA) is 115 Å². The Labute approximate surface area is 279 Å². The molecule has 10 nitrogen and oxygen atoms in total. The molecular formula is C31H34IN5O5S2. The Morgan fingerprint density at radius 3 is 2.66 bits per heavy atom. The van der Waals surface area contributed by atoms with Gasteiger partial charge < -0.3 is 28.5 Å². The second-order valence-electron chi connectivity index (χ2n) is 9.34. The standard InChI is InChI=1S/C31H34IN5O5S2/c1-6-12-37(7-2)29(38)21-10-8-20(9-11-21)18-43-19-22(33-3)17-41-26-13-23(39-4)14-27-24(26)15-28(42-27)25-16-34-30(35-25)44-31(36-32)40-5/h8-11,13-16,19H,3,6-7,12,17-18H2,1-2,4-5H3,(H,34,35)/b22-19-,36-31?. The number of methoxy groups -OCH3 is 2. The maximum atomic E-state index is 12.7. The number of aromatic amines is 1. The number of aromatic nitrogens is 2. The average molecular weight is 748 g/mol. The number of benzene rings is 2. The smallest absolute Gasteiger partial charge is 0.263 e. The van der Waals surface area contributed by atoms with Crippen LogP contribution in [0.15, 0.2) is 77.5 Å². The fraction of sp³-hybridized carbons (Fsp3) is 0.290. The third kappa shape index (κ3) is 8.60. The van der Waals surface area contributed by atoms with E-state index >= 15 is 0 Å². The van der Waals surface area contributed by atoms with Gasteiger partial charge in [0.25, 0.3) is 11.1 Å². The first-order valence-electron chi connectivity index (χ1n) is 13.8. The first-order valence-corrected chi connectivity index (χ1v) is 16.6. The Morgan fingerprint density at radius 2 is 2.00 bits per heavy atom. The van der Waals surface area contributed by atoms with E-state index in [9.17, 15) is 4.79 Å². The van der Waals surface area contributed by atoms with Gasteiger partial charge in [-0.15, -0.1) is 11.8 Å². The molecule has 0 saturated carbocycles. The van der Waals surface area contributed by atoms with Crippen molar-refractivity contribution in [3.05, 3.63) is 70.9 Å². The molecule has 0 aliphatic heterocycles. The monoisotopic (exact) mass is 747 g/mol. The molecule has 0 unspecified atom stereocenters. The quantitative estimate of drug-likeness (QED) is 0.0598. The lowest BCUT2D eigenvalue weighted by Gasteiger charge is -2.20. The first kappa shape index (κ1) is 33.5. The van der Waals surface area contributed by atoms with Gasteiger partial charge in [-0.2, -0.15) is 3.21 Å². The summed E-state index contributed by atoms with van der Waals surface area (Å²) < 4.78 is 27.0. The van der Waals surface area contributed by atoms with Crippen LogP contribution in [0.25, 0.3) is 22.4 Å². The van der Waals surface area contributed by atoms with Gasteiger partial charge in [-0.05, 0) is 49.2 Å². The zero-order valence-electron chi connectivity index (χ0n) is 25.0. The van der Waals surface area contributed by atoms with Crippen molar-refractivity contribution in [3.8, 4) is 23.0 Å². The molecule has 4 aromatic rings. The molecule has 1 amide bonds. The minimum Gasteiger partial charge on any atom is -0.496 e. The lowest BCUT2D eigenvalue weighted by atomic mass is 10.1. The number of nitrogens with zero attached hydrogens (tertiary/aromatic N) is 4. The number of ether oxygens (including phenoxy) is 3. The Kier molecular flexibility index (Phi) is 12.6. The number of imidazole rings is 1. The molecule has 232 valence electrons. The van der Waals surface area contributed by atoms with Crippen molar-refractivity contribution < 1.29 is 23.4 Å². The number of furan rings is 1. The van der Waals surface area contributed by atoms with E-state index in [1.807, 2.05) is 76.5 Å². The molecule has 4 rings (SSSR count). The van der Waals surface area contributed by atoms with Gasteiger partial charge >= 0.3 is 0 Å². The molecule has 2 aromatic carbocycles. The average Bonchev–Trinajstić information content (AvgIpc) is 3.71. The van der Waals surface area contributed by atoms with Gasteiger partial charge in [0.05, 0.1) is 48.2 Å². The number of hydrogen-bond acceptors (Lipinski definition) is 10. The Bertz CT molecular complexity index is 1630. The molecule has 0 atom stereocenters. The van der Waals surface area contributed by atoms with E-state index in [0.717, 1.165) is 23.9 Å². The summed E-state index contributed by atoms with van der Waals surface area (Å²) in [7, 11) is 3.15. The van der Waals surface area contributed by atoms with Gasteiger partial charge in [-0.3, -0.25) is 9.79 Å². The summed E-state index contributed by atoms with van der Waals surface area (Å²) in [6.07, 6.45) is 2.70. The molecule has 1 N–H and O–H groups in total. The van der Waals surface area contributed by atoms with Crippen LogP contribution in [0.2, 0.25) is 0 Å². The number of nitrogens with one attached hydrogen (secondary N) is 1. The SMILES string of the molecule is C=N/C(=C\SCc1ccc(C(=O)N(CC)CCC)cc1)COc1cc(OC)cc2oc(-c3c[nH]c(SC(=NI)OC)n3)cc12. The second-order valence-corrected chi connectivity index (χ2v) is 11.6. The number of rotatable bonds is 14. The summed E-state index contributed by atoms with van der Waals surface area (Å²) >= 11 is 4.73. The number of carbonyl (C=O) groups is 1. The highest BCUT2D eigenvalue weighted by Crippen LogP contribution is 2.37. The van der Waals surface area contributed by atoms with Crippen LogP contribution in [0.3, 0.4) is 0 Å². The van der Waals surface area contributed by atoms with E-state index < -0.39 is 0 Å². The Hall–Kier alpha value is -3.43. The van der Waals surface area contributed by atoms with Gasteiger partial charge in [0.1, 0.15) is 29.4 Å². The van der Waals surface area contributed by atoms with E-state index in [0.29, 0.717) is 62.5 Å². The molecule has 0 aliphatic rings. The molecular weight excluding hydrogens is 713 g/mol.